The van der Waals surface area contributed by atoms with Gasteiger partial charge >= 0.3 is 0 Å². The number of carbonyl (C=O) groups excluding carboxylic acids is 2. The first kappa shape index (κ1) is 17.3. The first-order valence-corrected chi connectivity index (χ1v) is 9.03. The number of fused-ring (bicyclic) bond motifs is 2. The molecule has 0 bridgehead atoms. The van der Waals surface area contributed by atoms with E-state index in [1.807, 2.05) is 47.9 Å². The SMILES string of the molecule is Cc1ccc2ncc(C(=O)N[C@@H]3CCc4cc(C(=O)N(C)C)ccc43)n2c1. The number of rotatable bonds is 3. The van der Waals surface area contributed by atoms with Crippen molar-refractivity contribution in [3.8, 4) is 0 Å². The van der Waals surface area contributed by atoms with Crippen LogP contribution < -0.4 is 5.32 Å². The Morgan fingerprint density at radius 2 is 2.04 bits per heavy atom. The molecule has 4 rings (SSSR count). The highest BCUT2D eigenvalue weighted by Gasteiger charge is 2.26. The minimum atomic E-state index is -0.139. The lowest BCUT2D eigenvalue weighted by Gasteiger charge is -2.15. The van der Waals surface area contributed by atoms with Crippen LogP contribution in [0.4, 0.5) is 0 Å². The van der Waals surface area contributed by atoms with E-state index in [4.69, 9.17) is 0 Å². The lowest BCUT2D eigenvalue weighted by atomic mass is 10.0. The molecule has 2 aromatic heterocycles. The van der Waals surface area contributed by atoms with Gasteiger partial charge in [0.05, 0.1) is 12.2 Å². The molecule has 2 heterocycles. The average Bonchev–Trinajstić information content (AvgIpc) is 3.24. The van der Waals surface area contributed by atoms with Gasteiger partial charge in [-0.05, 0) is 54.7 Å². The number of hydrogen-bond acceptors (Lipinski definition) is 3. The van der Waals surface area contributed by atoms with Gasteiger partial charge in [0, 0.05) is 25.9 Å². The van der Waals surface area contributed by atoms with Gasteiger partial charge in [0.25, 0.3) is 11.8 Å². The molecule has 2 amide bonds. The van der Waals surface area contributed by atoms with Crippen LogP contribution >= 0.6 is 0 Å². The zero-order chi connectivity index (χ0) is 19.1. The summed E-state index contributed by atoms with van der Waals surface area (Å²) in [7, 11) is 3.49. The van der Waals surface area contributed by atoms with Crippen molar-refractivity contribution in [3.63, 3.8) is 0 Å². The molecule has 1 N–H and O–H groups in total. The highest BCUT2D eigenvalue weighted by molar-refractivity contribution is 5.95. The van der Waals surface area contributed by atoms with Gasteiger partial charge < -0.3 is 10.2 Å². The Kier molecular flexibility index (Phi) is 4.18. The molecular weight excluding hydrogens is 340 g/mol. The molecule has 0 unspecified atom stereocenters. The summed E-state index contributed by atoms with van der Waals surface area (Å²) in [6.45, 7) is 1.99. The summed E-state index contributed by atoms with van der Waals surface area (Å²) in [4.78, 5) is 30.9. The average molecular weight is 362 g/mol. The van der Waals surface area contributed by atoms with Crippen LogP contribution in [0.2, 0.25) is 0 Å². The van der Waals surface area contributed by atoms with E-state index >= 15 is 0 Å². The predicted octanol–water partition coefficient (Wildman–Crippen LogP) is 2.76. The highest BCUT2D eigenvalue weighted by atomic mass is 16.2. The van der Waals surface area contributed by atoms with E-state index in [2.05, 4.69) is 10.3 Å². The molecule has 1 atom stereocenters. The zero-order valence-electron chi connectivity index (χ0n) is 15.7. The molecule has 0 saturated carbocycles. The van der Waals surface area contributed by atoms with Crippen molar-refractivity contribution in [2.24, 2.45) is 0 Å². The van der Waals surface area contributed by atoms with Crippen LogP contribution in [0.3, 0.4) is 0 Å². The zero-order valence-corrected chi connectivity index (χ0v) is 15.7. The van der Waals surface area contributed by atoms with Crippen LogP contribution in [0.1, 0.15) is 50.0 Å². The number of nitrogens with zero attached hydrogens (tertiary/aromatic N) is 3. The maximum atomic E-state index is 12.8. The van der Waals surface area contributed by atoms with Crippen molar-refractivity contribution in [3.05, 3.63) is 70.7 Å². The molecular formula is C21H22N4O2. The second-order valence-electron chi connectivity index (χ2n) is 7.26. The summed E-state index contributed by atoms with van der Waals surface area (Å²) >= 11 is 0. The lowest BCUT2D eigenvalue weighted by Crippen LogP contribution is -2.28. The smallest absolute Gasteiger partial charge is 0.270 e. The predicted molar refractivity (Wildman–Crippen MR) is 103 cm³/mol. The second-order valence-corrected chi connectivity index (χ2v) is 7.26. The van der Waals surface area contributed by atoms with Crippen molar-refractivity contribution >= 4 is 17.5 Å². The van der Waals surface area contributed by atoms with Crippen molar-refractivity contribution < 1.29 is 9.59 Å². The van der Waals surface area contributed by atoms with E-state index in [1.54, 1.807) is 25.2 Å². The van der Waals surface area contributed by atoms with Gasteiger partial charge in [-0.15, -0.1) is 0 Å². The second kappa shape index (κ2) is 6.54. The topological polar surface area (TPSA) is 66.7 Å². The van der Waals surface area contributed by atoms with Crippen molar-refractivity contribution in [1.82, 2.24) is 19.6 Å². The molecule has 1 aliphatic carbocycles. The molecule has 0 fully saturated rings. The molecule has 3 aromatic rings. The third-order valence-electron chi connectivity index (χ3n) is 5.07. The molecule has 0 spiro atoms. The normalized spacial score (nSPS) is 15.6. The number of amides is 2. The minimum absolute atomic E-state index is 0.00798. The van der Waals surface area contributed by atoms with Gasteiger partial charge in [-0.25, -0.2) is 4.98 Å². The standard InChI is InChI=1S/C21H22N4O2/c1-13-4-9-19-22-11-18(25(19)12-13)20(26)23-17-8-6-14-10-15(5-7-16(14)17)21(27)24(2)3/h4-5,7,9-12,17H,6,8H2,1-3H3,(H,23,26)/t17-/m1/s1. The minimum Gasteiger partial charge on any atom is -0.345 e. The number of aryl methyl sites for hydroxylation is 2. The van der Waals surface area contributed by atoms with Gasteiger partial charge in [0.2, 0.25) is 0 Å². The van der Waals surface area contributed by atoms with Crippen LogP contribution in [0.25, 0.3) is 5.65 Å². The van der Waals surface area contributed by atoms with Gasteiger partial charge in [-0.2, -0.15) is 0 Å². The van der Waals surface area contributed by atoms with Gasteiger partial charge in [0.15, 0.2) is 0 Å². The summed E-state index contributed by atoms with van der Waals surface area (Å²) in [6, 6.07) is 9.57. The third kappa shape index (κ3) is 3.07. The van der Waals surface area contributed by atoms with Crippen LogP contribution in [0.15, 0.2) is 42.7 Å². The molecule has 1 aliphatic rings. The molecule has 6 heteroatoms. The molecule has 1 aromatic carbocycles. The van der Waals surface area contributed by atoms with E-state index in [1.165, 1.54) is 0 Å². The van der Waals surface area contributed by atoms with Gasteiger partial charge in [-0.1, -0.05) is 12.1 Å². The number of pyridine rings is 1. The van der Waals surface area contributed by atoms with E-state index in [0.717, 1.165) is 35.2 Å². The number of carbonyl (C=O) groups is 2. The van der Waals surface area contributed by atoms with Crippen LogP contribution in [0, 0.1) is 6.92 Å². The Morgan fingerprint density at radius 3 is 2.81 bits per heavy atom. The molecule has 138 valence electrons. The summed E-state index contributed by atoms with van der Waals surface area (Å²) < 4.78 is 1.82. The highest BCUT2D eigenvalue weighted by Crippen LogP contribution is 2.32. The maximum Gasteiger partial charge on any atom is 0.270 e. The van der Waals surface area contributed by atoms with E-state index < -0.39 is 0 Å². The maximum absolute atomic E-state index is 12.8. The van der Waals surface area contributed by atoms with Crippen molar-refractivity contribution in [1.29, 1.82) is 0 Å². The Balaban J connectivity index is 1.57. The van der Waals surface area contributed by atoms with Crippen molar-refractivity contribution in [2.75, 3.05) is 14.1 Å². The summed E-state index contributed by atoms with van der Waals surface area (Å²) in [5.41, 5.74) is 5.25. The quantitative estimate of drug-likeness (QED) is 0.779. The Labute approximate surface area is 157 Å². The Bertz CT molecular complexity index is 1050. The van der Waals surface area contributed by atoms with Crippen LogP contribution in [-0.2, 0) is 6.42 Å². The van der Waals surface area contributed by atoms with E-state index in [-0.39, 0.29) is 17.9 Å². The molecule has 0 aliphatic heterocycles. The number of hydrogen-bond donors (Lipinski definition) is 1. The Hall–Kier alpha value is -3.15. The summed E-state index contributed by atoms with van der Waals surface area (Å²) in [5.74, 6) is -0.147. The summed E-state index contributed by atoms with van der Waals surface area (Å²) in [5, 5.41) is 3.13. The third-order valence-corrected chi connectivity index (χ3v) is 5.07. The number of nitrogens with one attached hydrogen (secondary N) is 1. The number of benzene rings is 1. The fourth-order valence-corrected chi connectivity index (χ4v) is 3.65. The van der Waals surface area contributed by atoms with Crippen LogP contribution in [0.5, 0.6) is 0 Å². The first-order chi connectivity index (χ1) is 12.9. The van der Waals surface area contributed by atoms with E-state index in [9.17, 15) is 9.59 Å². The largest absolute Gasteiger partial charge is 0.345 e. The number of aromatic nitrogens is 2. The first-order valence-electron chi connectivity index (χ1n) is 9.03. The Morgan fingerprint density at radius 1 is 1.22 bits per heavy atom. The number of imidazole rings is 1. The van der Waals surface area contributed by atoms with E-state index in [0.29, 0.717) is 11.3 Å². The van der Waals surface area contributed by atoms with Gasteiger partial charge in [-0.3, -0.25) is 14.0 Å². The fourth-order valence-electron chi connectivity index (χ4n) is 3.65. The fraction of sp³-hybridized carbons (Fsp3) is 0.286. The van der Waals surface area contributed by atoms with Crippen LogP contribution in [-0.4, -0.2) is 40.2 Å². The lowest BCUT2D eigenvalue weighted by molar-refractivity contribution is 0.0827. The van der Waals surface area contributed by atoms with Gasteiger partial charge in [0.1, 0.15) is 11.3 Å². The molecule has 6 nitrogen and oxygen atoms in total. The monoisotopic (exact) mass is 362 g/mol. The molecule has 0 radical (unpaired) electrons. The molecule has 27 heavy (non-hydrogen) atoms. The molecule has 0 saturated heterocycles. The van der Waals surface area contributed by atoms with Crippen molar-refractivity contribution in [2.45, 2.75) is 25.8 Å². The summed E-state index contributed by atoms with van der Waals surface area (Å²) in [6.07, 6.45) is 5.20.